The zero-order valence-corrected chi connectivity index (χ0v) is 13.0. The molecule has 5 heteroatoms. The van der Waals surface area contributed by atoms with Crippen molar-refractivity contribution >= 4 is 11.9 Å². The minimum atomic E-state index is -1.02. The molecule has 0 heterocycles. The lowest BCUT2D eigenvalue weighted by atomic mass is 9.97. The number of methoxy groups -OCH3 is 1. The molecule has 1 rings (SSSR count). The summed E-state index contributed by atoms with van der Waals surface area (Å²) >= 11 is 0. The van der Waals surface area contributed by atoms with Crippen LogP contribution >= 0.6 is 0 Å². The lowest BCUT2D eigenvalue weighted by molar-refractivity contribution is -0.142. The highest BCUT2D eigenvalue weighted by molar-refractivity contribution is 5.83. The van der Waals surface area contributed by atoms with Crippen molar-refractivity contribution in [3.05, 3.63) is 42.5 Å². The first kappa shape index (κ1) is 17.8. The van der Waals surface area contributed by atoms with E-state index >= 15 is 0 Å². The molecule has 22 heavy (non-hydrogen) atoms. The molecule has 0 radical (unpaired) electrons. The average Bonchev–Trinajstić information content (AvgIpc) is 2.51. The monoisotopic (exact) mass is 305 g/mol. The van der Waals surface area contributed by atoms with Gasteiger partial charge in [-0.05, 0) is 36.5 Å². The molecule has 1 aromatic carbocycles. The average molecular weight is 305 g/mol. The van der Waals surface area contributed by atoms with Crippen LogP contribution in [0.25, 0.3) is 0 Å². The lowest BCUT2D eigenvalue weighted by Crippen LogP contribution is -2.41. The molecule has 120 valence electrons. The Morgan fingerprint density at radius 1 is 1.36 bits per heavy atom. The van der Waals surface area contributed by atoms with Crippen LogP contribution in [0.4, 0.5) is 0 Å². The maximum atomic E-state index is 12.0. The van der Waals surface area contributed by atoms with Gasteiger partial charge in [0.05, 0.1) is 7.11 Å². The Hall–Kier alpha value is -2.30. The molecule has 0 aliphatic heterocycles. The summed E-state index contributed by atoms with van der Waals surface area (Å²) in [6.07, 6.45) is 2.78. The Labute approximate surface area is 131 Å². The second-order valence-electron chi connectivity index (χ2n) is 5.20. The van der Waals surface area contributed by atoms with Crippen LogP contribution in [0.3, 0.4) is 0 Å². The SMILES string of the molecule is C=CCCC(NC(=O)CC(C)c1ccc(OC)cc1)C(=O)O. The predicted molar refractivity (Wildman–Crippen MR) is 85.0 cm³/mol. The number of nitrogens with one attached hydrogen (secondary N) is 1. The van der Waals surface area contributed by atoms with Crippen molar-refractivity contribution in [2.24, 2.45) is 0 Å². The molecule has 1 amide bonds. The van der Waals surface area contributed by atoms with Crippen molar-refractivity contribution in [1.82, 2.24) is 5.32 Å². The third-order valence-corrected chi connectivity index (χ3v) is 3.47. The summed E-state index contributed by atoms with van der Waals surface area (Å²) in [5.41, 5.74) is 1.01. The third kappa shape index (κ3) is 5.60. The van der Waals surface area contributed by atoms with Crippen molar-refractivity contribution in [3.8, 4) is 5.75 Å². The molecule has 2 atom stereocenters. The smallest absolute Gasteiger partial charge is 0.326 e. The number of hydrogen-bond donors (Lipinski definition) is 2. The van der Waals surface area contributed by atoms with Gasteiger partial charge in [-0.15, -0.1) is 6.58 Å². The van der Waals surface area contributed by atoms with Gasteiger partial charge in [-0.1, -0.05) is 25.1 Å². The number of aliphatic carboxylic acids is 1. The van der Waals surface area contributed by atoms with Crippen LogP contribution in [0.2, 0.25) is 0 Å². The van der Waals surface area contributed by atoms with Gasteiger partial charge in [0.2, 0.25) is 5.91 Å². The topological polar surface area (TPSA) is 75.6 Å². The van der Waals surface area contributed by atoms with Gasteiger partial charge in [-0.2, -0.15) is 0 Å². The number of benzene rings is 1. The van der Waals surface area contributed by atoms with Crippen LogP contribution in [-0.4, -0.2) is 30.1 Å². The van der Waals surface area contributed by atoms with Gasteiger partial charge in [0.25, 0.3) is 0 Å². The molecule has 0 bridgehead atoms. The van der Waals surface area contributed by atoms with E-state index in [-0.39, 0.29) is 18.2 Å². The van der Waals surface area contributed by atoms with Crippen molar-refractivity contribution < 1.29 is 19.4 Å². The van der Waals surface area contributed by atoms with E-state index < -0.39 is 12.0 Å². The zero-order chi connectivity index (χ0) is 16.5. The number of rotatable bonds is 9. The van der Waals surface area contributed by atoms with Gasteiger partial charge < -0.3 is 15.2 Å². The first-order valence-electron chi connectivity index (χ1n) is 7.25. The van der Waals surface area contributed by atoms with Crippen molar-refractivity contribution in [2.45, 2.75) is 38.1 Å². The summed E-state index contributed by atoms with van der Waals surface area (Å²) < 4.78 is 5.09. The van der Waals surface area contributed by atoms with Crippen molar-refractivity contribution in [2.75, 3.05) is 7.11 Å². The molecular formula is C17H23NO4. The van der Waals surface area contributed by atoms with Crippen molar-refractivity contribution in [1.29, 1.82) is 0 Å². The minimum Gasteiger partial charge on any atom is -0.497 e. The number of allylic oxidation sites excluding steroid dienone is 1. The predicted octanol–water partition coefficient (Wildman–Crippen LogP) is 2.72. The van der Waals surface area contributed by atoms with E-state index in [0.717, 1.165) is 11.3 Å². The third-order valence-electron chi connectivity index (χ3n) is 3.47. The fourth-order valence-electron chi connectivity index (χ4n) is 2.12. The van der Waals surface area contributed by atoms with E-state index in [4.69, 9.17) is 9.84 Å². The maximum absolute atomic E-state index is 12.0. The largest absolute Gasteiger partial charge is 0.497 e. The number of amides is 1. The second kappa shape index (κ2) is 8.87. The van der Waals surface area contributed by atoms with Crippen LogP contribution < -0.4 is 10.1 Å². The quantitative estimate of drug-likeness (QED) is 0.688. The molecule has 0 saturated carbocycles. The summed E-state index contributed by atoms with van der Waals surface area (Å²) in [6, 6.07) is 6.63. The van der Waals surface area contributed by atoms with E-state index in [9.17, 15) is 9.59 Å². The number of ether oxygens (including phenoxy) is 1. The van der Waals surface area contributed by atoms with Gasteiger partial charge in [0.15, 0.2) is 0 Å². The second-order valence-corrected chi connectivity index (χ2v) is 5.20. The van der Waals surface area contributed by atoms with E-state index in [1.54, 1.807) is 13.2 Å². The molecule has 0 aromatic heterocycles. The molecule has 2 unspecified atom stereocenters. The minimum absolute atomic E-state index is 0.000227. The molecule has 1 aromatic rings. The highest BCUT2D eigenvalue weighted by Crippen LogP contribution is 2.21. The number of carbonyl (C=O) groups excluding carboxylic acids is 1. The Balaban J connectivity index is 2.57. The Morgan fingerprint density at radius 2 is 2.00 bits per heavy atom. The standard InChI is InChI=1S/C17H23NO4/c1-4-5-6-15(17(20)21)18-16(19)11-12(2)13-7-9-14(22-3)10-8-13/h4,7-10,12,15H,1,5-6,11H2,2-3H3,(H,18,19)(H,20,21). The Bertz CT molecular complexity index is 510. The zero-order valence-electron chi connectivity index (χ0n) is 13.0. The van der Waals surface area contributed by atoms with Crippen LogP contribution in [0.5, 0.6) is 5.75 Å². The molecule has 5 nitrogen and oxygen atoms in total. The van der Waals surface area contributed by atoms with Gasteiger partial charge >= 0.3 is 5.97 Å². The van der Waals surface area contributed by atoms with Crippen LogP contribution in [0, 0.1) is 0 Å². The first-order chi connectivity index (χ1) is 10.5. The molecule has 0 fully saturated rings. The van der Waals surface area contributed by atoms with Gasteiger partial charge in [-0.3, -0.25) is 4.79 Å². The Kier molecular flexibility index (Phi) is 7.16. The molecule has 0 saturated heterocycles. The summed E-state index contributed by atoms with van der Waals surface area (Å²) in [7, 11) is 1.60. The molecule has 0 aliphatic carbocycles. The number of carboxylic acid groups (broad SMARTS) is 1. The van der Waals surface area contributed by atoms with E-state index in [1.165, 1.54) is 0 Å². The summed E-state index contributed by atoms with van der Waals surface area (Å²) in [4.78, 5) is 23.1. The van der Waals surface area contributed by atoms with E-state index in [0.29, 0.717) is 12.8 Å². The van der Waals surface area contributed by atoms with Crippen LogP contribution in [-0.2, 0) is 9.59 Å². The number of carbonyl (C=O) groups is 2. The fraction of sp³-hybridized carbons (Fsp3) is 0.412. The number of carboxylic acids is 1. The maximum Gasteiger partial charge on any atom is 0.326 e. The first-order valence-corrected chi connectivity index (χ1v) is 7.25. The number of hydrogen-bond acceptors (Lipinski definition) is 3. The molecule has 0 spiro atoms. The van der Waals surface area contributed by atoms with E-state index in [2.05, 4.69) is 11.9 Å². The molecule has 2 N–H and O–H groups in total. The summed E-state index contributed by atoms with van der Waals surface area (Å²) in [6.45, 7) is 5.49. The summed E-state index contributed by atoms with van der Waals surface area (Å²) in [5, 5.41) is 11.7. The summed E-state index contributed by atoms with van der Waals surface area (Å²) in [5.74, 6) is -0.525. The fourth-order valence-corrected chi connectivity index (χ4v) is 2.12. The Morgan fingerprint density at radius 3 is 2.50 bits per heavy atom. The van der Waals surface area contributed by atoms with E-state index in [1.807, 2.05) is 31.2 Å². The van der Waals surface area contributed by atoms with Crippen molar-refractivity contribution in [3.63, 3.8) is 0 Å². The highest BCUT2D eigenvalue weighted by Gasteiger charge is 2.20. The van der Waals surface area contributed by atoms with Gasteiger partial charge in [0.1, 0.15) is 11.8 Å². The van der Waals surface area contributed by atoms with Gasteiger partial charge in [0, 0.05) is 6.42 Å². The highest BCUT2D eigenvalue weighted by atomic mass is 16.5. The molecular weight excluding hydrogens is 282 g/mol. The molecule has 0 aliphatic rings. The van der Waals surface area contributed by atoms with Gasteiger partial charge in [-0.25, -0.2) is 4.79 Å². The lowest BCUT2D eigenvalue weighted by Gasteiger charge is -2.16. The normalized spacial score (nSPS) is 13.0. The van der Waals surface area contributed by atoms with Crippen LogP contribution in [0.1, 0.15) is 37.7 Å². The van der Waals surface area contributed by atoms with Crippen LogP contribution in [0.15, 0.2) is 36.9 Å².